The number of nitrogen functional groups attached to an aromatic ring is 2. The van der Waals surface area contributed by atoms with Crippen molar-refractivity contribution in [1.82, 2.24) is 19.9 Å². The van der Waals surface area contributed by atoms with Crippen LogP contribution in [0.15, 0.2) is 77.2 Å². The molecule has 0 unspecified atom stereocenters. The Morgan fingerprint density at radius 2 is 1.61 bits per heavy atom. The average Bonchev–Trinajstić information content (AvgIpc) is 2.75. The lowest BCUT2D eigenvalue weighted by molar-refractivity contribution is -0.122. The summed E-state index contributed by atoms with van der Waals surface area (Å²) in [5.41, 5.74) is 13.9. The van der Waals surface area contributed by atoms with Gasteiger partial charge in [0.2, 0.25) is 5.95 Å². The van der Waals surface area contributed by atoms with Gasteiger partial charge in [0.05, 0.1) is 0 Å². The quantitative estimate of drug-likeness (QED) is 0.322. The molecule has 0 bridgehead atoms. The van der Waals surface area contributed by atoms with Crippen LogP contribution in [0.1, 0.15) is 0 Å². The minimum absolute atomic E-state index is 0.150. The maximum absolute atomic E-state index is 14.8. The fourth-order valence-corrected chi connectivity index (χ4v) is 3.66. The van der Waals surface area contributed by atoms with E-state index in [0.29, 0.717) is 16.9 Å². The Labute approximate surface area is 181 Å². The van der Waals surface area contributed by atoms with Crippen LogP contribution in [-0.2, 0) is 4.79 Å². The highest BCUT2D eigenvalue weighted by Gasteiger charge is 2.12. The molecule has 156 valence electrons. The van der Waals surface area contributed by atoms with Crippen molar-refractivity contribution in [2.45, 2.75) is 9.92 Å². The van der Waals surface area contributed by atoms with Crippen molar-refractivity contribution >= 4 is 30.0 Å². The van der Waals surface area contributed by atoms with Crippen LogP contribution in [0.5, 0.6) is 0 Å². The van der Waals surface area contributed by atoms with Crippen molar-refractivity contribution in [3.05, 3.63) is 73.1 Å². The first-order valence-corrected chi connectivity index (χ1v) is 9.63. The third-order valence-corrected chi connectivity index (χ3v) is 5.04. The predicted octanol–water partition coefficient (Wildman–Crippen LogP) is 3.76. The van der Waals surface area contributed by atoms with Gasteiger partial charge in [-0.1, -0.05) is 42.1 Å². The Bertz CT molecular complexity index is 1190. The van der Waals surface area contributed by atoms with Crippen LogP contribution in [0.4, 0.5) is 16.2 Å². The van der Waals surface area contributed by atoms with Gasteiger partial charge in [-0.05, 0) is 23.3 Å². The Hall–Kier alpha value is -4.05. The number of nitrogens with two attached hydrogens (primary N) is 2. The zero-order valence-corrected chi connectivity index (χ0v) is 16.8. The third-order valence-electron chi connectivity index (χ3n) is 4.03. The van der Waals surface area contributed by atoms with Gasteiger partial charge < -0.3 is 16.6 Å². The zero-order valence-electron chi connectivity index (χ0n) is 16.0. The van der Waals surface area contributed by atoms with E-state index in [1.165, 1.54) is 36.5 Å². The summed E-state index contributed by atoms with van der Waals surface area (Å²) in [5.74, 6) is 0.185. The number of carboxylic acid groups (broad SMARTS) is 1. The monoisotopic (exact) mass is 436 g/mol. The summed E-state index contributed by atoms with van der Waals surface area (Å²) in [6, 6.07) is 14.5. The first kappa shape index (κ1) is 21.7. The fraction of sp³-hybridized carbons (Fsp3) is 0. The van der Waals surface area contributed by atoms with Gasteiger partial charge in [0.25, 0.3) is 6.47 Å². The lowest BCUT2D eigenvalue weighted by Gasteiger charge is -2.11. The van der Waals surface area contributed by atoms with E-state index in [9.17, 15) is 4.39 Å². The lowest BCUT2D eigenvalue weighted by atomic mass is 10.0. The number of nitrogens with zero attached hydrogens (tertiary/aromatic N) is 4. The van der Waals surface area contributed by atoms with E-state index in [0.717, 1.165) is 21.0 Å². The van der Waals surface area contributed by atoms with Crippen LogP contribution in [0.25, 0.3) is 22.3 Å². The molecular formula is C21H17FN6O2S. The molecule has 8 nitrogen and oxygen atoms in total. The van der Waals surface area contributed by atoms with Crippen LogP contribution < -0.4 is 11.5 Å². The highest BCUT2D eigenvalue weighted by molar-refractivity contribution is 7.99. The maximum Gasteiger partial charge on any atom is 0.290 e. The summed E-state index contributed by atoms with van der Waals surface area (Å²) >= 11 is 1.44. The molecule has 0 aliphatic heterocycles. The molecule has 0 spiro atoms. The molecule has 0 saturated heterocycles. The van der Waals surface area contributed by atoms with Gasteiger partial charge in [-0.3, -0.25) is 4.79 Å². The number of halogens is 1. The minimum Gasteiger partial charge on any atom is -0.483 e. The van der Waals surface area contributed by atoms with Crippen molar-refractivity contribution in [1.29, 1.82) is 0 Å². The molecule has 5 N–H and O–H groups in total. The lowest BCUT2D eigenvalue weighted by Crippen LogP contribution is -1.95. The predicted molar refractivity (Wildman–Crippen MR) is 117 cm³/mol. The Kier molecular flexibility index (Phi) is 7.07. The van der Waals surface area contributed by atoms with E-state index in [4.69, 9.17) is 21.4 Å². The molecular weight excluding hydrogens is 419 g/mol. The summed E-state index contributed by atoms with van der Waals surface area (Å²) in [4.78, 5) is 25.3. The SMILES string of the molecule is Nc1cc(Sc2ccccc2-c2ccc(-c3cnc(N)nc3)c(F)c2)ncn1.O=CO. The van der Waals surface area contributed by atoms with Crippen LogP contribution in [-0.4, -0.2) is 31.5 Å². The molecule has 0 atom stereocenters. The summed E-state index contributed by atoms with van der Waals surface area (Å²) in [5, 5.41) is 7.61. The van der Waals surface area contributed by atoms with E-state index in [1.54, 1.807) is 12.1 Å². The molecule has 0 fully saturated rings. The van der Waals surface area contributed by atoms with E-state index in [1.807, 2.05) is 30.3 Å². The Morgan fingerprint density at radius 3 is 2.29 bits per heavy atom. The summed E-state index contributed by atoms with van der Waals surface area (Å²) in [7, 11) is 0. The second-order valence-electron chi connectivity index (χ2n) is 6.01. The van der Waals surface area contributed by atoms with Crippen LogP contribution in [0.3, 0.4) is 0 Å². The highest BCUT2D eigenvalue weighted by atomic mass is 32.2. The third kappa shape index (κ3) is 5.52. The number of anilines is 2. The molecule has 0 aliphatic rings. The summed E-state index contributed by atoms with van der Waals surface area (Å²) in [6.07, 6.45) is 4.43. The molecule has 0 amide bonds. The van der Waals surface area contributed by atoms with Crippen LogP contribution >= 0.6 is 11.8 Å². The van der Waals surface area contributed by atoms with Crippen molar-refractivity contribution in [2.24, 2.45) is 0 Å². The van der Waals surface area contributed by atoms with Gasteiger partial charge in [0, 0.05) is 34.5 Å². The summed E-state index contributed by atoms with van der Waals surface area (Å²) in [6.45, 7) is -0.250. The number of hydrogen-bond donors (Lipinski definition) is 3. The number of carbonyl (C=O) groups is 1. The molecule has 4 aromatic rings. The number of rotatable bonds is 4. The fourth-order valence-electron chi connectivity index (χ4n) is 2.71. The minimum atomic E-state index is -0.364. The molecule has 0 aliphatic carbocycles. The van der Waals surface area contributed by atoms with E-state index >= 15 is 0 Å². The van der Waals surface area contributed by atoms with Crippen LogP contribution in [0, 0.1) is 5.82 Å². The second kappa shape index (κ2) is 10.1. The van der Waals surface area contributed by atoms with E-state index < -0.39 is 0 Å². The van der Waals surface area contributed by atoms with Gasteiger partial charge in [-0.15, -0.1) is 0 Å². The first-order valence-electron chi connectivity index (χ1n) is 8.82. The van der Waals surface area contributed by atoms with Crippen molar-refractivity contribution in [3.63, 3.8) is 0 Å². The topological polar surface area (TPSA) is 141 Å². The Balaban J connectivity index is 0.000000858. The maximum atomic E-state index is 14.8. The molecule has 4 rings (SSSR count). The van der Waals surface area contributed by atoms with Gasteiger partial charge >= 0.3 is 0 Å². The summed E-state index contributed by atoms with van der Waals surface area (Å²) < 4.78 is 14.8. The molecule has 10 heteroatoms. The van der Waals surface area contributed by atoms with Gasteiger partial charge in [0.1, 0.15) is 23.0 Å². The standard InChI is InChI=1S/C20H15FN6S.CH2O2/c21-16-7-12(5-6-14(16)13-9-24-20(23)25-10-13)15-3-1-2-4-17(15)28-19-8-18(22)26-11-27-19;2-1-3/h1-11H,(H2,22,26,27)(H2,23,24,25);1H,(H,2,3). The van der Waals surface area contributed by atoms with Crippen molar-refractivity contribution in [3.8, 4) is 22.3 Å². The normalized spacial score (nSPS) is 10.1. The molecule has 0 radical (unpaired) electrons. The second-order valence-corrected chi connectivity index (χ2v) is 7.07. The Morgan fingerprint density at radius 1 is 0.903 bits per heavy atom. The number of aromatic nitrogens is 4. The first-order chi connectivity index (χ1) is 15.0. The highest BCUT2D eigenvalue weighted by Crippen LogP contribution is 2.36. The molecule has 2 aromatic carbocycles. The number of benzene rings is 2. The van der Waals surface area contributed by atoms with Crippen molar-refractivity contribution < 1.29 is 14.3 Å². The average molecular weight is 436 g/mol. The molecule has 31 heavy (non-hydrogen) atoms. The van der Waals surface area contributed by atoms with Crippen molar-refractivity contribution in [2.75, 3.05) is 11.5 Å². The zero-order chi connectivity index (χ0) is 22.2. The van der Waals surface area contributed by atoms with E-state index in [-0.39, 0.29) is 18.2 Å². The largest absolute Gasteiger partial charge is 0.483 e. The smallest absolute Gasteiger partial charge is 0.290 e. The molecule has 2 heterocycles. The number of hydrogen-bond acceptors (Lipinski definition) is 8. The van der Waals surface area contributed by atoms with Gasteiger partial charge in [-0.2, -0.15) is 0 Å². The van der Waals surface area contributed by atoms with Gasteiger partial charge in [-0.25, -0.2) is 24.3 Å². The van der Waals surface area contributed by atoms with Gasteiger partial charge in [0.15, 0.2) is 0 Å². The van der Waals surface area contributed by atoms with E-state index in [2.05, 4.69) is 19.9 Å². The molecule has 0 saturated carbocycles. The molecule has 2 aromatic heterocycles. The van der Waals surface area contributed by atoms with Crippen LogP contribution in [0.2, 0.25) is 0 Å².